The molecule has 0 saturated carbocycles. The molecule has 0 aliphatic carbocycles. The number of carbonyl (C=O) groups is 2. The quantitative estimate of drug-likeness (QED) is 0.573. The Hall–Kier alpha value is -3.60. The molecular weight excluding hydrogens is 342 g/mol. The van der Waals surface area contributed by atoms with Crippen LogP contribution in [0.4, 0.5) is 5.69 Å². The summed E-state index contributed by atoms with van der Waals surface area (Å²) in [4.78, 5) is 23.5. The van der Waals surface area contributed by atoms with Gasteiger partial charge >= 0.3 is 5.97 Å². The lowest BCUT2D eigenvalue weighted by atomic mass is 9.88. The van der Waals surface area contributed by atoms with Gasteiger partial charge in [-0.25, -0.2) is 4.79 Å². The molecule has 27 heavy (non-hydrogen) atoms. The SMILES string of the molecule is O=C(CC(c1ccccc1)c1ccccc1)Nc1ccc(C(=O)O)cc1O. The minimum absolute atomic E-state index is 0.0445. The second-order valence-electron chi connectivity index (χ2n) is 6.16. The number of aromatic hydroxyl groups is 1. The molecule has 3 rings (SSSR count). The van der Waals surface area contributed by atoms with E-state index in [2.05, 4.69) is 5.32 Å². The van der Waals surface area contributed by atoms with Gasteiger partial charge in [0.15, 0.2) is 0 Å². The largest absolute Gasteiger partial charge is 0.506 e. The molecule has 0 fully saturated rings. The molecule has 0 aliphatic heterocycles. The minimum atomic E-state index is -1.14. The summed E-state index contributed by atoms with van der Waals surface area (Å²) in [5.74, 6) is -1.82. The van der Waals surface area contributed by atoms with Crippen molar-refractivity contribution in [3.05, 3.63) is 95.6 Å². The minimum Gasteiger partial charge on any atom is -0.506 e. The van der Waals surface area contributed by atoms with Gasteiger partial charge < -0.3 is 15.5 Å². The fraction of sp³-hybridized carbons (Fsp3) is 0.0909. The van der Waals surface area contributed by atoms with Gasteiger partial charge in [0.1, 0.15) is 5.75 Å². The predicted molar refractivity (Wildman–Crippen MR) is 103 cm³/mol. The normalized spacial score (nSPS) is 10.6. The molecule has 1 amide bonds. The number of carbonyl (C=O) groups excluding carboxylic acids is 1. The van der Waals surface area contributed by atoms with Crippen molar-refractivity contribution in [2.45, 2.75) is 12.3 Å². The summed E-state index contributed by atoms with van der Waals surface area (Å²) in [5, 5.41) is 21.6. The summed E-state index contributed by atoms with van der Waals surface area (Å²) in [7, 11) is 0. The lowest BCUT2D eigenvalue weighted by molar-refractivity contribution is -0.116. The highest BCUT2D eigenvalue weighted by atomic mass is 16.4. The van der Waals surface area contributed by atoms with Crippen LogP contribution in [0.2, 0.25) is 0 Å². The third-order valence-electron chi connectivity index (χ3n) is 4.31. The topological polar surface area (TPSA) is 86.6 Å². The first-order chi connectivity index (χ1) is 13.0. The summed E-state index contributed by atoms with van der Waals surface area (Å²) in [5.41, 5.74) is 2.18. The number of amides is 1. The van der Waals surface area contributed by atoms with Crippen molar-refractivity contribution in [1.82, 2.24) is 0 Å². The number of hydrogen-bond donors (Lipinski definition) is 3. The third kappa shape index (κ3) is 4.52. The van der Waals surface area contributed by atoms with Crippen LogP contribution in [0.15, 0.2) is 78.9 Å². The van der Waals surface area contributed by atoms with Crippen LogP contribution in [0.5, 0.6) is 5.75 Å². The van der Waals surface area contributed by atoms with Crippen LogP contribution in [-0.2, 0) is 4.79 Å². The molecule has 0 radical (unpaired) electrons. The number of phenols is 1. The van der Waals surface area contributed by atoms with E-state index in [0.29, 0.717) is 0 Å². The maximum absolute atomic E-state index is 12.6. The van der Waals surface area contributed by atoms with Gasteiger partial charge in [-0.15, -0.1) is 0 Å². The number of anilines is 1. The van der Waals surface area contributed by atoms with E-state index in [1.807, 2.05) is 60.7 Å². The zero-order valence-electron chi connectivity index (χ0n) is 14.5. The Kier molecular flexibility index (Phi) is 5.52. The van der Waals surface area contributed by atoms with Gasteiger partial charge in [0.25, 0.3) is 0 Å². The van der Waals surface area contributed by atoms with E-state index in [4.69, 9.17) is 5.11 Å². The fourth-order valence-corrected chi connectivity index (χ4v) is 2.96. The van der Waals surface area contributed by atoms with Crippen molar-refractivity contribution in [3.63, 3.8) is 0 Å². The van der Waals surface area contributed by atoms with Gasteiger partial charge in [-0.2, -0.15) is 0 Å². The van der Waals surface area contributed by atoms with E-state index in [1.54, 1.807) is 0 Å². The molecule has 5 nitrogen and oxygen atoms in total. The molecule has 0 unspecified atom stereocenters. The second kappa shape index (κ2) is 8.19. The molecular formula is C22H19NO4. The smallest absolute Gasteiger partial charge is 0.335 e. The summed E-state index contributed by atoms with van der Waals surface area (Å²) in [6.07, 6.45) is 0.189. The molecule has 0 aliphatic rings. The molecule has 3 N–H and O–H groups in total. The second-order valence-corrected chi connectivity index (χ2v) is 6.16. The van der Waals surface area contributed by atoms with E-state index in [-0.39, 0.29) is 35.2 Å². The van der Waals surface area contributed by atoms with Crippen LogP contribution >= 0.6 is 0 Å². The van der Waals surface area contributed by atoms with Gasteiger partial charge in [0, 0.05) is 12.3 Å². The highest BCUT2D eigenvalue weighted by Crippen LogP contribution is 2.30. The molecule has 3 aromatic carbocycles. The molecule has 0 atom stereocenters. The zero-order chi connectivity index (χ0) is 19.2. The average molecular weight is 361 g/mol. The van der Waals surface area contributed by atoms with Gasteiger partial charge in [0.2, 0.25) is 5.91 Å². The average Bonchev–Trinajstić information content (AvgIpc) is 2.69. The van der Waals surface area contributed by atoms with E-state index < -0.39 is 5.97 Å². The van der Waals surface area contributed by atoms with Crippen LogP contribution < -0.4 is 5.32 Å². The lowest BCUT2D eigenvalue weighted by Gasteiger charge is -2.18. The molecule has 5 heteroatoms. The highest BCUT2D eigenvalue weighted by Gasteiger charge is 2.19. The van der Waals surface area contributed by atoms with Crippen LogP contribution in [0.3, 0.4) is 0 Å². The van der Waals surface area contributed by atoms with Crippen molar-refractivity contribution in [2.75, 3.05) is 5.32 Å². The lowest BCUT2D eigenvalue weighted by Crippen LogP contribution is -2.16. The Labute approximate surface area is 156 Å². The highest BCUT2D eigenvalue weighted by molar-refractivity contribution is 5.95. The van der Waals surface area contributed by atoms with Gasteiger partial charge in [-0.05, 0) is 29.3 Å². The first-order valence-electron chi connectivity index (χ1n) is 8.50. The van der Waals surface area contributed by atoms with E-state index >= 15 is 0 Å². The molecule has 0 spiro atoms. The first kappa shape index (κ1) is 18.2. The molecule has 0 heterocycles. The monoisotopic (exact) mass is 361 g/mol. The fourth-order valence-electron chi connectivity index (χ4n) is 2.96. The number of hydrogen-bond acceptors (Lipinski definition) is 3. The Morgan fingerprint density at radius 1 is 0.852 bits per heavy atom. The van der Waals surface area contributed by atoms with Gasteiger partial charge in [0.05, 0.1) is 11.3 Å². The van der Waals surface area contributed by atoms with E-state index in [9.17, 15) is 14.7 Å². The van der Waals surface area contributed by atoms with Crippen molar-refractivity contribution in [3.8, 4) is 5.75 Å². The summed E-state index contributed by atoms with van der Waals surface area (Å²) >= 11 is 0. The number of rotatable bonds is 6. The van der Waals surface area contributed by atoms with Gasteiger partial charge in [-0.1, -0.05) is 60.7 Å². The summed E-state index contributed by atoms with van der Waals surface area (Å²) in [6, 6.07) is 23.3. The molecule has 0 saturated heterocycles. The number of benzene rings is 3. The first-order valence-corrected chi connectivity index (χ1v) is 8.50. The van der Waals surface area contributed by atoms with Crippen LogP contribution in [0, 0.1) is 0 Å². The molecule has 3 aromatic rings. The molecule has 0 bridgehead atoms. The Morgan fingerprint density at radius 2 is 1.41 bits per heavy atom. The van der Waals surface area contributed by atoms with Crippen LogP contribution in [0.1, 0.15) is 33.8 Å². The summed E-state index contributed by atoms with van der Waals surface area (Å²) in [6.45, 7) is 0. The van der Waals surface area contributed by atoms with Gasteiger partial charge in [-0.3, -0.25) is 4.79 Å². The number of phenolic OH excluding ortho intramolecular Hbond substituents is 1. The number of carboxylic acid groups (broad SMARTS) is 1. The third-order valence-corrected chi connectivity index (χ3v) is 4.31. The maximum atomic E-state index is 12.6. The zero-order valence-corrected chi connectivity index (χ0v) is 14.5. The maximum Gasteiger partial charge on any atom is 0.335 e. The number of nitrogens with one attached hydrogen (secondary N) is 1. The van der Waals surface area contributed by atoms with Crippen molar-refractivity contribution < 1.29 is 19.8 Å². The summed E-state index contributed by atoms with van der Waals surface area (Å²) < 4.78 is 0. The van der Waals surface area contributed by atoms with Crippen molar-refractivity contribution in [1.29, 1.82) is 0 Å². The van der Waals surface area contributed by atoms with Crippen LogP contribution in [-0.4, -0.2) is 22.1 Å². The predicted octanol–water partition coefficient (Wildman–Crippen LogP) is 4.25. The van der Waals surface area contributed by atoms with E-state index in [1.165, 1.54) is 12.1 Å². The Morgan fingerprint density at radius 3 is 1.89 bits per heavy atom. The Bertz CT molecular complexity index is 900. The van der Waals surface area contributed by atoms with Crippen LogP contribution in [0.25, 0.3) is 0 Å². The van der Waals surface area contributed by atoms with Crippen molar-refractivity contribution in [2.24, 2.45) is 0 Å². The van der Waals surface area contributed by atoms with Crippen molar-refractivity contribution >= 4 is 17.6 Å². The Balaban J connectivity index is 1.80. The standard InChI is InChI=1S/C22H19NO4/c24-20-13-17(22(26)27)11-12-19(20)23-21(25)14-18(15-7-3-1-4-8-15)16-9-5-2-6-10-16/h1-13,18,24H,14H2,(H,23,25)(H,26,27). The van der Waals surface area contributed by atoms with E-state index in [0.717, 1.165) is 17.2 Å². The molecule has 136 valence electrons. The molecule has 0 aromatic heterocycles. The number of carboxylic acids is 1. The number of aromatic carboxylic acids is 1.